The molecule has 0 spiro atoms. The second-order valence-corrected chi connectivity index (χ2v) is 9.65. The molecule has 0 atom stereocenters. The Balaban J connectivity index is 1.70. The van der Waals surface area contributed by atoms with Gasteiger partial charge in [0.2, 0.25) is 0 Å². The molecule has 0 saturated heterocycles. The van der Waals surface area contributed by atoms with E-state index in [2.05, 4.69) is 63.2 Å². The molecule has 6 rings (SSSR count). The van der Waals surface area contributed by atoms with Crippen LogP contribution >= 0.6 is 0 Å². The zero-order valence-corrected chi connectivity index (χ0v) is 18.8. The third-order valence-corrected chi connectivity index (χ3v) is 6.53. The van der Waals surface area contributed by atoms with Crippen molar-refractivity contribution in [2.45, 2.75) is 52.6 Å². The molecule has 4 heteroatoms. The molecule has 0 amide bonds. The van der Waals surface area contributed by atoms with Gasteiger partial charge in [0.25, 0.3) is 0 Å². The standard InChI is InChI=1S/C28H27NO3/c1-28(2,3)32-16-23-22-15-30-14-21(22)18-6-4-5-7-19(18)26(23)20-8-9-24-25-17(11-13-31-24)10-12-29-27(20)25/h4-10,12H,11,13-16H2,1-3H3. The van der Waals surface area contributed by atoms with Crippen molar-refractivity contribution in [3.8, 4) is 16.9 Å². The maximum Gasteiger partial charge on any atom is 0.129 e. The molecule has 0 fully saturated rings. The minimum Gasteiger partial charge on any atom is -0.493 e. The Bertz CT molecular complexity index is 1360. The number of ether oxygens (including phenoxy) is 3. The van der Waals surface area contributed by atoms with Gasteiger partial charge in [0.15, 0.2) is 0 Å². The van der Waals surface area contributed by atoms with Gasteiger partial charge in [-0.2, -0.15) is 0 Å². The normalized spacial score (nSPS) is 15.2. The lowest BCUT2D eigenvalue weighted by Crippen LogP contribution is -2.19. The van der Waals surface area contributed by atoms with Crippen LogP contribution in [0.4, 0.5) is 0 Å². The number of pyridine rings is 1. The van der Waals surface area contributed by atoms with Gasteiger partial charge in [0.1, 0.15) is 5.75 Å². The molecule has 1 aromatic heterocycles. The summed E-state index contributed by atoms with van der Waals surface area (Å²) < 4.78 is 18.3. The van der Waals surface area contributed by atoms with E-state index in [4.69, 9.17) is 19.2 Å². The lowest BCUT2D eigenvalue weighted by Gasteiger charge is -2.25. The van der Waals surface area contributed by atoms with Crippen LogP contribution in [0.1, 0.15) is 43.0 Å². The van der Waals surface area contributed by atoms with E-state index in [0.29, 0.717) is 19.8 Å². The topological polar surface area (TPSA) is 40.6 Å². The van der Waals surface area contributed by atoms with E-state index in [0.717, 1.165) is 35.2 Å². The van der Waals surface area contributed by atoms with Crippen LogP contribution < -0.4 is 4.74 Å². The Morgan fingerprint density at radius 3 is 2.62 bits per heavy atom. The third-order valence-electron chi connectivity index (χ3n) is 6.53. The maximum absolute atomic E-state index is 6.34. The van der Waals surface area contributed by atoms with Crippen LogP contribution in [0.15, 0.2) is 48.7 Å². The zero-order chi connectivity index (χ0) is 21.9. The fourth-order valence-corrected chi connectivity index (χ4v) is 5.08. The number of hydrogen-bond acceptors (Lipinski definition) is 4. The Morgan fingerprint density at radius 1 is 0.969 bits per heavy atom. The second-order valence-electron chi connectivity index (χ2n) is 9.65. The van der Waals surface area contributed by atoms with E-state index < -0.39 is 0 Å². The summed E-state index contributed by atoms with van der Waals surface area (Å²) in [6, 6.07) is 15.1. The summed E-state index contributed by atoms with van der Waals surface area (Å²) in [5, 5.41) is 3.62. The van der Waals surface area contributed by atoms with Crippen molar-refractivity contribution in [3.63, 3.8) is 0 Å². The average Bonchev–Trinajstić information content (AvgIpc) is 3.28. The van der Waals surface area contributed by atoms with Crippen LogP contribution in [0.2, 0.25) is 0 Å². The average molecular weight is 426 g/mol. The largest absolute Gasteiger partial charge is 0.493 e. The molecule has 0 N–H and O–H groups in total. The van der Waals surface area contributed by atoms with E-state index in [9.17, 15) is 0 Å². The summed E-state index contributed by atoms with van der Waals surface area (Å²) in [6.07, 6.45) is 2.84. The number of aromatic nitrogens is 1. The molecule has 3 aromatic carbocycles. The second kappa shape index (κ2) is 7.29. The lowest BCUT2D eigenvalue weighted by atomic mass is 9.85. The fourth-order valence-electron chi connectivity index (χ4n) is 5.08. The zero-order valence-electron chi connectivity index (χ0n) is 18.8. The van der Waals surface area contributed by atoms with Crippen molar-refractivity contribution in [1.29, 1.82) is 0 Å². The van der Waals surface area contributed by atoms with E-state index in [1.165, 1.54) is 38.6 Å². The number of nitrogens with zero attached hydrogens (tertiary/aromatic N) is 1. The van der Waals surface area contributed by atoms with Crippen LogP contribution in [-0.2, 0) is 35.7 Å². The first-order valence-corrected chi connectivity index (χ1v) is 11.3. The highest BCUT2D eigenvalue weighted by atomic mass is 16.5. The number of rotatable bonds is 3. The highest BCUT2D eigenvalue weighted by Crippen LogP contribution is 2.45. The van der Waals surface area contributed by atoms with Gasteiger partial charge in [0, 0.05) is 23.6 Å². The highest BCUT2D eigenvalue weighted by molar-refractivity contribution is 6.09. The summed E-state index contributed by atoms with van der Waals surface area (Å²) in [6.45, 7) is 8.83. The minimum atomic E-state index is -0.235. The van der Waals surface area contributed by atoms with Crippen molar-refractivity contribution < 1.29 is 14.2 Å². The van der Waals surface area contributed by atoms with Crippen molar-refractivity contribution in [3.05, 3.63) is 70.9 Å². The molecule has 3 heterocycles. The molecule has 0 saturated carbocycles. The number of fused-ring (bicyclic) bond motifs is 3. The Kier molecular flexibility index (Phi) is 4.49. The summed E-state index contributed by atoms with van der Waals surface area (Å²) in [5.74, 6) is 0.930. The van der Waals surface area contributed by atoms with Crippen LogP contribution in [0.25, 0.3) is 32.8 Å². The van der Waals surface area contributed by atoms with Crippen LogP contribution in [0.3, 0.4) is 0 Å². The van der Waals surface area contributed by atoms with Gasteiger partial charge in [-0.1, -0.05) is 24.3 Å². The molecule has 32 heavy (non-hydrogen) atoms. The lowest BCUT2D eigenvalue weighted by molar-refractivity contribution is -0.0152. The summed E-state index contributed by atoms with van der Waals surface area (Å²) >= 11 is 0. The summed E-state index contributed by atoms with van der Waals surface area (Å²) in [7, 11) is 0. The first-order chi connectivity index (χ1) is 15.5. The van der Waals surface area contributed by atoms with E-state index in [-0.39, 0.29) is 5.60 Å². The SMILES string of the molecule is CC(C)(C)OCc1c2c(c3ccccc3c1-c1ccc3c4c(ccnc14)CCO3)COC2. The van der Waals surface area contributed by atoms with Crippen molar-refractivity contribution in [2.24, 2.45) is 0 Å². The Hall–Kier alpha value is -2.95. The Morgan fingerprint density at radius 2 is 1.78 bits per heavy atom. The first kappa shape index (κ1) is 19.7. The molecule has 2 aliphatic heterocycles. The predicted octanol–water partition coefficient (Wildman–Crippen LogP) is 6.34. The molecule has 0 bridgehead atoms. The molecule has 162 valence electrons. The summed E-state index contributed by atoms with van der Waals surface area (Å²) in [5.41, 5.74) is 8.17. The molecule has 4 aromatic rings. The molecule has 4 nitrogen and oxygen atoms in total. The van der Waals surface area contributed by atoms with Crippen LogP contribution in [0.5, 0.6) is 5.75 Å². The molecule has 0 unspecified atom stereocenters. The van der Waals surface area contributed by atoms with E-state index in [1.807, 2.05) is 6.20 Å². The van der Waals surface area contributed by atoms with Crippen molar-refractivity contribution in [2.75, 3.05) is 6.61 Å². The predicted molar refractivity (Wildman–Crippen MR) is 127 cm³/mol. The van der Waals surface area contributed by atoms with Gasteiger partial charge in [0.05, 0.1) is 37.5 Å². The van der Waals surface area contributed by atoms with Crippen molar-refractivity contribution in [1.82, 2.24) is 4.98 Å². The smallest absolute Gasteiger partial charge is 0.129 e. The fraction of sp³-hybridized carbons (Fsp3) is 0.321. The van der Waals surface area contributed by atoms with Gasteiger partial charge >= 0.3 is 0 Å². The van der Waals surface area contributed by atoms with Gasteiger partial charge in [-0.3, -0.25) is 4.98 Å². The van der Waals surface area contributed by atoms with E-state index >= 15 is 0 Å². The molecule has 0 aliphatic carbocycles. The first-order valence-electron chi connectivity index (χ1n) is 11.3. The molecular formula is C28H27NO3. The van der Waals surface area contributed by atoms with Gasteiger partial charge in [-0.05, 0) is 77.6 Å². The Labute approximate surface area is 188 Å². The quantitative estimate of drug-likeness (QED) is 0.384. The summed E-state index contributed by atoms with van der Waals surface area (Å²) in [4.78, 5) is 4.86. The van der Waals surface area contributed by atoms with Gasteiger partial charge < -0.3 is 14.2 Å². The molecular weight excluding hydrogens is 398 g/mol. The monoisotopic (exact) mass is 425 g/mol. The van der Waals surface area contributed by atoms with Gasteiger partial charge in [-0.25, -0.2) is 0 Å². The van der Waals surface area contributed by atoms with Crippen LogP contribution in [0, 0.1) is 0 Å². The van der Waals surface area contributed by atoms with Crippen molar-refractivity contribution >= 4 is 21.7 Å². The molecule has 0 radical (unpaired) electrons. The highest BCUT2D eigenvalue weighted by Gasteiger charge is 2.27. The molecule has 2 aliphatic rings. The van der Waals surface area contributed by atoms with Gasteiger partial charge in [-0.15, -0.1) is 0 Å². The van der Waals surface area contributed by atoms with E-state index in [1.54, 1.807) is 0 Å². The third kappa shape index (κ3) is 3.09. The maximum atomic E-state index is 6.34. The number of hydrogen-bond donors (Lipinski definition) is 0. The number of benzene rings is 3. The van der Waals surface area contributed by atoms with Crippen LogP contribution in [-0.4, -0.2) is 17.2 Å². The minimum absolute atomic E-state index is 0.235.